The summed E-state index contributed by atoms with van der Waals surface area (Å²) in [6, 6.07) is 7.92. The van der Waals surface area contributed by atoms with Crippen LogP contribution in [0.1, 0.15) is 12.5 Å². The summed E-state index contributed by atoms with van der Waals surface area (Å²) in [4.78, 5) is 8.50. The molecule has 0 spiro atoms. The van der Waals surface area contributed by atoms with Gasteiger partial charge in [0, 0.05) is 24.0 Å². The van der Waals surface area contributed by atoms with Gasteiger partial charge in [0.1, 0.15) is 0 Å². The van der Waals surface area contributed by atoms with E-state index in [4.69, 9.17) is 4.74 Å². The van der Waals surface area contributed by atoms with Crippen molar-refractivity contribution < 1.29 is 4.74 Å². The fourth-order valence-corrected chi connectivity index (χ4v) is 1.50. The van der Waals surface area contributed by atoms with Crippen molar-refractivity contribution in [2.45, 2.75) is 13.3 Å². The van der Waals surface area contributed by atoms with E-state index in [9.17, 15) is 0 Å². The van der Waals surface area contributed by atoms with Crippen LogP contribution in [0.3, 0.4) is 0 Å². The van der Waals surface area contributed by atoms with E-state index in [0.29, 0.717) is 5.88 Å². The molecule has 2 rings (SSSR count). The van der Waals surface area contributed by atoms with Gasteiger partial charge in [-0.25, -0.2) is 4.98 Å². The standard InChI is InChI=1S/C13H14N2O/c1-3-10-6-7-14-12(8-10)11-4-5-13(16-2)15-9-11/h4-9H,3H2,1-2H3. The second-order valence-electron chi connectivity index (χ2n) is 3.49. The molecule has 0 bridgehead atoms. The number of nitrogens with zero attached hydrogens (tertiary/aromatic N) is 2. The molecule has 0 aliphatic rings. The maximum Gasteiger partial charge on any atom is 0.212 e. The maximum atomic E-state index is 5.02. The summed E-state index contributed by atoms with van der Waals surface area (Å²) in [5, 5.41) is 0. The normalized spacial score (nSPS) is 10.1. The summed E-state index contributed by atoms with van der Waals surface area (Å²) < 4.78 is 5.02. The minimum Gasteiger partial charge on any atom is -0.481 e. The Morgan fingerprint density at radius 3 is 2.69 bits per heavy atom. The SMILES string of the molecule is CCc1ccnc(-c2ccc(OC)nc2)c1. The molecule has 16 heavy (non-hydrogen) atoms. The van der Waals surface area contributed by atoms with Gasteiger partial charge in [0.15, 0.2) is 0 Å². The molecule has 2 aromatic heterocycles. The van der Waals surface area contributed by atoms with Crippen molar-refractivity contribution in [3.63, 3.8) is 0 Å². The highest BCUT2D eigenvalue weighted by Gasteiger charge is 2.01. The van der Waals surface area contributed by atoms with Crippen LogP contribution in [0.15, 0.2) is 36.7 Å². The van der Waals surface area contributed by atoms with E-state index >= 15 is 0 Å². The minimum absolute atomic E-state index is 0.621. The van der Waals surface area contributed by atoms with E-state index in [1.165, 1.54) is 5.56 Å². The Hall–Kier alpha value is -1.90. The van der Waals surface area contributed by atoms with Crippen LogP contribution in [0.25, 0.3) is 11.3 Å². The summed E-state index contributed by atoms with van der Waals surface area (Å²) in [5.41, 5.74) is 3.24. The third-order valence-electron chi connectivity index (χ3n) is 2.47. The summed E-state index contributed by atoms with van der Waals surface area (Å²) in [6.45, 7) is 2.13. The zero-order chi connectivity index (χ0) is 11.4. The van der Waals surface area contributed by atoms with Crippen molar-refractivity contribution in [3.8, 4) is 17.1 Å². The smallest absolute Gasteiger partial charge is 0.212 e. The second-order valence-corrected chi connectivity index (χ2v) is 3.49. The molecule has 0 radical (unpaired) electrons. The molecule has 0 atom stereocenters. The summed E-state index contributed by atoms with van der Waals surface area (Å²) in [7, 11) is 1.61. The predicted octanol–water partition coefficient (Wildman–Crippen LogP) is 2.71. The topological polar surface area (TPSA) is 35.0 Å². The predicted molar refractivity (Wildman–Crippen MR) is 63.4 cm³/mol. The average Bonchev–Trinajstić information content (AvgIpc) is 2.39. The molecular weight excluding hydrogens is 200 g/mol. The summed E-state index contributed by atoms with van der Waals surface area (Å²) in [6.07, 6.45) is 4.62. The molecule has 0 aliphatic carbocycles. The van der Waals surface area contributed by atoms with Gasteiger partial charge in [0.05, 0.1) is 12.8 Å². The molecule has 0 amide bonds. The molecule has 0 aliphatic heterocycles. The van der Waals surface area contributed by atoms with E-state index in [2.05, 4.69) is 23.0 Å². The molecule has 3 heteroatoms. The molecule has 0 aromatic carbocycles. The first-order valence-electron chi connectivity index (χ1n) is 5.29. The monoisotopic (exact) mass is 214 g/mol. The van der Waals surface area contributed by atoms with Crippen LogP contribution in [0, 0.1) is 0 Å². The van der Waals surface area contributed by atoms with Crippen LogP contribution in [0.2, 0.25) is 0 Å². The molecule has 3 nitrogen and oxygen atoms in total. The van der Waals surface area contributed by atoms with Crippen LogP contribution in [-0.4, -0.2) is 17.1 Å². The van der Waals surface area contributed by atoms with Crippen LogP contribution < -0.4 is 4.74 Å². The number of pyridine rings is 2. The Kier molecular flexibility index (Phi) is 3.15. The van der Waals surface area contributed by atoms with Crippen LogP contribution in [0.5, 0.6) is 5.88 Å². The number of hydrogen-bond acceptors (Lipinski definition) is 3. The summed E-state index contributed by atoms with van der Waals surface area (Å²) >= 11 is 0. The van der Waals surface area contributed by atoms with E-state index < -0.39 is 0 Å². The third kappa shape index (κ3) is 2.19. The molecule has 0 unspecified atom stereocenters. The Balaban J connectivity index is 2.34. The van der Waals surface area contributed by atoms with Gasteiger partial charge in [-0.2, -0.15) is 0 Å². The number of aromatic nitrogens is 2. The first-order chi connectivity index (χ1) is 7.83. The van der Waals surface area contributed by atoms with Crippen LogP contribution in [0.4, 0.5) is 0 Å². The highest BCUT2D eigenvalue weighted by molar-refractivity contribution is 5.58. The molecule has 82 valence electrons. The Morgan fingerprint density at radius 1 is 1.19 bits per heavy atom. The van der Waals surface area contributed by atoms with Gasteiger partial charge in [-0.1, -0.05) is 6.92 Å². The summed E-state index contributed by atoms with van der Waals surface area (Å²) in [5.74, 6) is 0.621. The van der Waals surface area contributed by atoms with Crippen LogP contribution >= 0.6 is 0 Å². The minimum atomic E-state index is 0.621. The van der Waals surface area contributed by atoms with E-state index in [1.807, 2.05) is 24.4 Å². The number of hydrogen-bond donors (Lipinski definition) is 0. The van der Waals surface area contributed by atoms with Gasteiger partial charge in [-0.05, 0) is 30.2 Å². The quantitative estimate of drug-likeness (QED) is 0.788. The average molecular weight is 214 g/mol. The van der Waals surface area contributed by atoms with Crippen molar-refractivity contribution in [1.29, 1.82) is 0 Å². The lowest BCUT2D eigenvalue weighted by Crippen LogP contribution is -1.90. The number of rotatable bonds is 3. The van der Waals surface area contributed by atoms with Crippen molar-refractivity contribution in [1.82, 2.24) is 9.97 Å². The maximum absolute atomic E-state index is 5.02. The molecule has 0 saturated heterocycles. The van der Waals surface area contributed by atoms with Gasteiger partial charge in [-0.15, -0.1) is 0 Å². The van der Waals surface area contributed by atoms with Gasteiger partial charge >= 0.3 is 0 Å². The van der Waals surface area contributed by atoms with Crippen molar-refractivity contribution in [2.24, 2.45) is 0 Å². The zero-order valence-corrected chi connectivity index (χ0v) is 9.47. The number of aryl methyl sites for hydroxylation is 1. The largest absolute Gasteiger partial charge is 0.481 e. The van der Waals surface area contributed by atoms with Crippen molar-refractivity contribution >= 4 is 0 Å². The van der Waals surface area contributed by atoms with Crippen molar-refractivity contribution in [2.75, 3.05) is 7.11 Å². The number of ether oxygens (including phenoxy) is 1. The first-order valence-corrected chi connectivity index (χ1v) is 5.29. The first kappa shape index (κ1) is 10.6. The molecule has 0 fully saturated rings. The van der Waals surface area contributed by atoms with Gasteiger partial charge < -0.3 is 4.74 Å². The Bertz CT molecular complexity index is 466. The lowest BCUT2D eigenvalue weighted by atomic mass is 10.1. The molecule has 0 saturated carbocycles. The van der Waals surface area contributed by atoms with Gasteiger partial charge in [0.2, 0.25) is 5.88 Å². The van der Waals surface area contributed by atoms with Gasteiger partial charge in [-0.3, -0.25) is 4.98 Å². The zero-order valence-electron chi connectivity index (χ0n) is 9.47. The Labute approximate surface area is 95.1 Å². The van der Waals surface area contributed by atoms with E-state index in [0.717, 1.165) is 17.7 Å². The molecule has 2 aromatic rings. The van der Waals surface area contributed by atoms with Crippen molar-refractivity contribution in [3.05, 3.63) is 42.2 Å². The molecule has 2 heterocycles. The Morgan fingerprint density at radius 2 is 2.06 bits per heavy atom. The highest BCUT2D eigenvalue weighted by Crippen LogP contribution is 2.19. The second kappa shape index (κ2) is 4.75. The fraction of sp³-hybridized carbons (Fsp3) is 0.231. The van der Waals surface area contributed by atoms with E-state index in [-0.39, 0.29) is 0 Å². The third-order valence-corrected chi connectivity index (χ3v) is 2.47. The lowest BCUT2D eigenvalue weighted by molar-refractivity contribution is 0.398. The molecule has 0 N–H and O–H groups in total. The van der Waals surface area contributed by atoms with Crippen LogP contribution in [-0.2, 0) is 6.42 Å². The number of methoxy groups -OCH3 is 1. The molecular formula is C13H14N2O. The highest BCUT2D eigenvalue weighted by atomic mass is 16.5. The lowest BCUT2D eigenvalue weighted by Gasteiger charge is -2.03. The van der Waals surface area contributed by atoms with E-state index in [1.54, 1.807) is 13.3 Å². The fourth-order valence-electron chi connectivity index (χ4n) is 1.50. The van der Waals surface area contributed by atoms with Gasteiger partial charge in [0.25, 0.3) is 0 Å².